The molecule has 21 heteroatoms. The minimum atomic E-state index is -1.46. The van der Waals surface area contributed by atoms with Gasteiger partial charge >= 0.3 is 17.9 Å². The van der Waals surface area contributed by atoms with Crippen LogP contribution in [0.4, 0.5) is 0 Å². The van der Waals surface area contributed by atoms with Crippen LogP contribution < -0.4 is 31.9 Å². The number of Topliss-reactive ketones (excluding diaryl/α,β-unsaturated/α-hetero) is 1. The van der Waals surface area contributed by atoms with Gasteiger partial charge in [-0.05, 0) is 85.5 Å². The van der Waals surface area contributed by atoms with E-state index in [1.807, 2.05) is 0 Å². The number of hydrogen-bond donors (Lipinski definition) is 6. The maximum absolute atomic E-state index is 14.2. The first-order chi connectivity index (χ1) is 31.0. The maximum Gasteiger partial charge on any atom is 0.326 e. The van der Waals surface area contributed by atoms with Gasteiger partial charge in [-0.1, -0.05) is 47.0 Å². The van der Waals surface area contributed by atoms with E-state index in [1.54, 1.807) is 76.2 Å². The topological polar surface area (TPSA) is 291 Å². The summed E-state index contributed by atoms with van der Waals surface area (Å²) in [6.45, 7) is 18.7. The second-order valence-electron chi connectivity index (χ2n) is 19.0. The highest BCUT2D eigenvalue weighted by Crippen LogP contribution is 2.22. The lowest BCUT2D eigenvalue weighted by Gasteiger charge is -2.33. The average Bonchev–Trinajstić information content (AvgIpc) is 3.71. The van der Waals surface area contributed by atoms with Gasteiger partial charge in [0.2, 0.25) is 41.2 Å². The first-order valence-corrected chi connectivity index (χ1v) is 22.7. The van der Waals surface area contributed by atoms with Crippen LogP contribution in [0.2, 0.25) is 0 Å². The van der Waals surface area contributed by atoms with Crippen LogP contribution in [-0.4, -0.2) is 137 Å². The van der Waals surface area contributed by atoms with E-state index in [0.717, 1.165) is 0 Å². The molecule has 6 N–H and O–H groups in total. The largest absolute Gasteiger partial charge is 0.460 e. The van der Waals surface area contributed by atoms with E-state index in [9.17, 15) is 52.7 Å². The summed E-state index contributed by atoms with van der Waals surface area (Å²) in [7, 11) is 0. The molecule has 21 nitrogen and oxygen atoms in total. The van der Waals surface area contributed by atoms with Crippen molar-refractivity contribution in [3.63, 3.8) is 0 Å². The molecular formula is C46H73N7O14. The number of nitrogens with zero attached hydrogens (tertiary/aromatic N) is 1. The number of hydrogen-bond acceptors (Lipinski definition) is 14. The van der Waals surface area contributed by atoms with Gasteiger partial charge in [-0.15, -0.1) is 6.42 Å². The Morgan fingerprint density at radius 2 is 1.18 bits per heavy atom. The Labute approximate surface area is 393 Å². The highest BCUT2D eigenvalue weighted by molar-refractivity contribution is 6.38. The minimum Gasteiger partial charge on any atom is -0.460 e. The van der Waals surface area contributed by atoms with Crippen molar-refractivity contribution >= 4 is 65.0 Å². The van der Waals surface area contributed by atoms with Crippen LogP contribution in [0.15, 0.2) is 0 Å². The summed E-state index contributed by atoms with van der Waals surface area (Å²) >= 11 is 0. The van der Waals surface area contributed by atoms with Gasteiger partial charge in [-0.3, -0.25) is 52.7 Å². The number of rotatable bonds is 25. The van der Waals surface area contributed by atoms with Gasteiger partial charge in [0.1, 0.15) is 48.0 Å². The number of nitrogens with one attached hydrogen (secondary N) is 6. The van der Waals surface area contributed by atoms with Crippen molar-refractivity contribution in [3.8, 4) is 12.3 Å². The standard InChI is InChI=1S/C46H73N7O14/c1-14-17-29(38(58)43(63)47-25-35(57)65-24-15-2)49-41(61)32-18-16-23-53(32)44(64)37(27(5)6)52-42(62)36(26(3)4)51-40(60)31(20-22-34(56)67-46(11,12)13)50-39(59)30(48-28(7)54)19-21-33(55)66-45(8,9)10/h2,26-27,29-32,36-37H,14,16-25H2,1,3-13H3,(H,47,63)(H,48,54)(H,49,61)(H,50,59)(H,51,60)(H,52,62). The van der Waals surface area contributed by atoms with Crippen molar-refractivity contribution in [3.05, 3.63) is 0 Å². The number of carbonyl (C=O) groups is 11. The van der Waals surface area contributed by atoms with E-state index < -0.39 is 131 Å². The number of terminal acetylenes is 1. The fourth-order valence-electron chi connectivity index (χ4n) is 6.79. The quantitative estimate of drug-likeness (QED) is 0.0317. The van der Waals surface area contributed by atoms with Crippen molar-refractivity contribution in [2.24, 2.45) is 11.8 Å². The first-order valence-electron chi connectivity index (χ1n) is 22.7. The average molecular weight is 948 g/mol. The van der Waals surface area contributed by atoms with E-state index in [0.29, 0.717) is 12.8 Å². The fourth-order valence-corrected chi connectivity index (χ4v) is 6.79. The Morgan fingerprint density at radius 1 is 0.672 bits per heavy atom. The summed E-state index contributed by atoms with van der Waals surface area (Å²) < 4.78 is 15.4. The highest BCUT2D eigenvalue weighted by Gasteiger charge is 2.41. The summed E-state index contributed by atoms with van der Waals surface area (Å²) in [5.41, 5.74) is -1.67. The second-order valence-corrected chi connectivity index (χ2v) is 19.0. The SMILES string of the molecule is C#CCOC(=O)CNC(=O)C(=O)C(CCC)NC(=O)C1CCCN1C(=O)C(NC(=O)C(NC(=O)C(CCC(=O)OC(C)(C)C)NC(=O)C(CCC(=O)OC(C)(C)C)NC(C)=O)C(C)C)C(C)C. The van der Waals surface area contributed by atoms with Gasteiger partial charge < -0.3 is 51.0 Å². The van der Waals surface area contributed by atoms with Crippen LogP contribution in [0.25, 0.3) is 0 Å². The predicted octanol–water partition coefficient (Wildman–Crippen LogP) is 0.639. The predicted molar refractivity (Wildman–Crippen MR) is 243 cm³/mol. The molecule has 67 heavy (non-hydrogen) atoms. The van der Waals surface area contributed by atoms with Crippen LogP contribution in [0.1, 0.15) is 134 Å². The zero-order valence-corrected chi connectivity index (χ0v) is 41.1. The molecule has 0 aromatic rings. The molecule has 0 spiro atoms. The lowest BCUT2D eigenvalue weighted by atomic mass is 9.98. The van der Waals surface area contributed by atoms with E-state index in [1.165, 1.54) is 11.8 Å². The molecule has 0 bridgehead atoms. The summed E-state index contributed by atoms with van der Waals surface area (Å²) in [5, 5.41) is 15.1. The molecule has 0 aromatic heterocycles. The molecule has 0 saturated carbocycles. The van der Waals surface area contributed by atoms with Crippen LogP contribution >= 0.6 is 0 Å². The van der Waals surface area contributed by atoms with Crippen LogP contribution in [0, 0.1) is 24.2 Å². The third-order valence-electron chi connectivity index (χ3n) is 9.90. The van der Waals surface area contributed by atoms with Gasteiger partial charge in [-0.25, -0.2) is 0 Å². The molecule has 0 radical (unpaired) electrons. The fraction of sp³-hybridized carbons (Fsp3) is 0.717. The minimum absolute atomic E-state index is 0.0721. The number of likely N-dealkylation sites (tertiary alicyclic amines) is 1. The van der Waals surface area contributed by atoms with Crippen molar-refractivity contribution in [2.75, 3.05) is 19.7 Å². The van der Waals surface area contributed by atoms with Crippen molar-refractivity contribution in [2.45, 2.75) is 182 Å². The van der Waals surface area contributed by atoms with Crippen molar-refractivity contribution in [1.29, 1.82) is 0 Å². The molecule has 0 aliphatic carbocycles. The van der Waals surface area contributed by atoms with Gasteiger partial charge in [-0.2, -0.15) is 0 Å². The molecule has 7 amide bonds. The highest BCUT2D eigenvalue weighted by atomic mass is 16.6. The maximum atomic E-state index is 14.2. The third kappa shape index (κ3) is 21.9. The molecule has 1 saturated heterocycles. The zero-order chi connectivity index (χ0) is 51.4. The number of amides is 7. The number of ether oxygens (including phenoxy) is 3. The summed E-state index contributed by atoms with van der Waals surface area (Å²) in [6, 6.07) is -7.61. The molecule has 1 rings (SSSR count). The van der Waals surface area contributed by atoms with Gasteiger partial charge in [0, 0.05) is 26.3 Å². The monoisotopic (exact) mass is 948 g/mol. The Hall–Kier alpha value is -6.07. The molecule has 1 heterocycles. The molecule has 1 fully saturated rings. The summed E-state index contributed by atoms with van der Waals surface area (Å²) in [5.74, 6) is -7.77. The van der Waals surface area contributed by atoms with E-state index in [-0.39, 0.29) is 51.7 Å². The third-order valence-corrected chi connectivity index (χ3v) is 9.90. The number of esters is 3. The molecule has 376 valence electrons. The lowest BCUT2D eigenvalue weighted by molar-refractivity contribution is -0.156. The molecule has 1 aliphatic heterocycles. The molecule has 6 unspecified atom stereocenters. The Morgan fingerprint density at radius 3 is 1.66 bits per heavy atom. The van der Waals surface area contributed by atoms with Crippen LogP contribution in [0.5, 0.6) is 0 Å². The number of carbonyl (C=O) groups excluding carboxylic acids is 11. The van der Waals surface area contributed by atoms with Crippen LogP contribution in [0.3, 0.4) is 0 Å². The molecule has 1 aliphatic rings. The van der Waals surface area contributed by atoms with Crippen molar-refractivity contribution < 1.29 is 67.0 Å². The van der Waals surface area contributed by atoms with E-state index >= 15 is 0 Å². The first kappa shape index (κ1) is 58.9. The van der Waals surface area contributed by atoms with E-state index in [2.05, 4.69) is 42.6 Å². The second kappa shape index (κ2) is 27.5. The Kier molecular flexibility index (Phi) is 24.2. The lowest BCUT2D eigenvalue weighted by Crippen LogP contribution is -2.61. The zero-order valence-electron chi connectivity index (χ0n) is 41.1. The van der Waals surface area contributed by atoms with Crippen molar-refractivity contribution in [1.82, 2.24) is 36.8 Å². The van der Waals surface area contributed by atoms with Crippen LogP contribution in [-0.2, 0) is 67.0 Å². The summed E-state index contributed by atoms with van der Waals surface area (Å²) in [4.78, 5) is 146. The molecule has 0 aromatic carbocycles. The van der Waals surface area contributed by atoms with Gasteiger partial charge in [0.05, 0.1) is 6.04 Å². The normalized spacial score (nSPS) is 15.9. The molecule has 6 atom stereocenters. The Bertz CT molecular complexity index is 1850. The molecular weight excluding hydrogens is 875 g/mol. The van der Waals surface area contributed by atoms with E-state index in [4.69, 9.17) is 15.9 Å². The summed E-state index contributed by atoms with van der Waals surface area (Å²) in [6.07, 6.45) is 5.05. The Balaban J connectivity index is 3.33. The number of ketones is 1. The van der Waals surface area contributed by atoms with Gasteiger partial charge in [0.15, 0.2) is 6.61 Å². The smallest absolute Gasteiger partial charge is 0.326 e. The van der Waals surface area contributed by atoms with Gasteiger partial charge in [0.25, 0.3) is 5.91 Å².